The van der Waals surface area contributed by atoms with Crippen LogP contribution >= 0.6 is 0 Å². The lowest BCUT2D eigenvalue weighted by molar-refractivity contribution is -0.252. The van der Waals surface area contributed by atoms with E-state index in [2.05, 4.69) is 8.47 Å². The number of carbonyl (C=O) groups is 1. The van der Waals surface area contributed by atoms with Crippen LogP contribution in [-0.2, 0) is 18.9 Å². The lowest BCUT2D eigenvalue weighted by Gasteiger charge is -2.45. The number of fused-ring (bicyclic) bond motifs is 3. The predicted octanol–water partition coefficient (Wildman–Crippen LogP) is -0.583. The molecule has 2 amide bonds. The van der Waals surface area contributed by atoms with Gasteiger partial charge in [-0.15, -0.1) is 4.28 Å². The zero-order valence-corrected chi connectivity index (χ0v) is 10.3. The number of aliphatic hydroxyl groups is 1. The van der Waals surface area contributed by atoms with Crippen molar-refractivity contribution >= 4 is 16.4 Å². The molecule has 8 nitrogen and oxygen atoms in total. The summed E-state index contributed by atoms with van der Waals surface area (Å²) in [5.74, 6) is -3.93. The van der Waals surface area contributed by atoms with E-state index < -0.39 is 47.1 Å². The Hall–Kier alpha value is -1.04. The van der Waals surface area contributed by atoms with E-state index in [9.17, 15) is 22.0 Å². The molecule has 0 spiro atoms. The Morgan fingerprint density at radius 2 is 2.21 bits per heavy atom. The van der Waals surface area contributed by atoms with Gasteiger partial charge in [0.05, 0.1) is 6.04 Å². The SMILES string of the molecule is O=C1N2OS(=O)(=O)O[C@]3(C(F)(F)CO)CC[C@@H]2CN13. The van der Waals surface area contributed by atoms with E-state index in [-0.39, 0.29) is 13.0 Å². The Bertz CT molecular complexity index is 539. The van der Waals surface area contributed by atoms with Gasteiger partial charge in [-0.25, -0.2) is 8.98 Å². The van der Waals surface area contributed by atoms with E-state index in [4.69, 9.17) is 5.11 Å². The highest BCUT2D eigenvalue weighted by Crippen LogP contribution is 2.49. The second kappa shape index (κ2) is 3.53. The molecule has 3 rings (SSSR count). The third kappa shape index (κ3) is 1.52. The van der Waals surface area contributed by atoms with Crippen LogP contribution in [0.25, 0.3) is 0 Å². The van der Waals surface area contributed by atoms with Gasteiger partial charge in [0.2, 0.25) is 5.72 Å². The van der Waals surface area contributed by atoms with Gasteiger partial charge in [0.25, 0.3) is 0 Å². The predicted molar refractivity (Wildman–Crippen MR) is 52.8 cm³/mol. The molecule has 0 radical (unpaired) electrons. The van der Waals surface area contributed by atoms with Crippen molar-refractivity contribution in [1.82, 2.24) is 9.96 Å². The van der Waals surface area contributed by atoms with Gasteiger partial charge in [0.15, 0.2) is 0 Å². The topological polar surface area (TPSA) is 96.4 Å². The summed E-state index contributed by atoms with van der Waals surface area (Å²) < 4.78 is 59.7. The van der Waals surface area contributed by atoms with Crippen molar-refractivity contribution in [1.29, 1.82) is 0 Å². The molecular formula is C8H10F2N2O6S. The van der Waals surface area contributed by atoms with Crippen molar-refractivity contribution in [2.24, 2.45) is 0 Å². The summed E-state index contributed by atoms with van der Waals surface area (Å²) in [5.41, 5.74) is -2.72. The van der Waals surface area contributed by atoms with Crippen LogP contribution in [0.1, 0.15) is 12.8 Å². The summed E-state index contributed by atoms with van der Waals surface area (Å²) in [6, 6.07) is -1.62. The minimum atomic E-state index is -4.79. The number of carbonyl (C=O) groups excluding carboxylic acids is 1. The second-order valence-electron chi connectivity index (χ2n) is 4.62. The van der Waals surface area contributed by atoms with Crippen LogP contribution in [0.15, 0.2) is 0 Å². The maximum absolute atomic E-state index is 14.0. The molecule has 0 aromatic carbocycles. The first-order chi connectivity index (χ1) is 8.72. The number of nitrogens with zero attached hydrogens (tertiary/aromatic N) is 2. The number of hydrogen-bond donors (Lipinski definition) is 1. The molecule has 19 heavy (non-hydrogen) atoms. The van der Waals surface area contributed by atoms with Crippen molar-refractivity contribution in [3.8, 4) is 0 Å². The van der Waals surface area contributed by atoms with E-state index in [1.54, 1.807) is 0 Å². The molecule has 0 unspecified atom stereocenters. The molecular weight excluding hydrogens is 290 g/mol. The van der Waals surface area contributed by atoms with E-state index in [0.717, 1.165) is 0 Å². The van der Waals surface area contributed by atoms with Crippen LogP contribution in [0.4, 0.5) is 13.6 Å². The molecule has 3 aliphatic rings. The molecule has 0 aromatic rings. The quantitative estimate of drug-likeness (QED) is 0.732. The van der Waals surface area contributed by atoms with Crippen LogP contribution in [0, 0.1) is 0 Å². The fourth-order valence-corrected chi connectivity index (χ4v) is 3.72. The average molecular weight is 300 g/mol. The first-order valence-corrected chi connectivity index (χ1v) is 6.80. The fourth-order valence-electron chi connectivity index (χ4n) is 2.67. The maximum atomic E-state index is 14.0. The molecule has 0 aromatic heterocycles. The number of halogens is 2. The van der Waals surface area contributed by atoms with Gasteiger partial charge >= 0.3 is 22.4 Å². The van der Waals surface area contributed by atoms with E-state index in [0.29, 0.717) is 9.96 Å². The third-order valence-electron chi connectivity index (χ3n) is 3.58. The van der Waals surface area contributed by atoms with Crippen molar-refractivity contribution in [2.45, 2.75) is 30.5 Å². The van der Waals surface area contributed by atoms with Crippen molar-refractivity contribution in [3.63, 3.8) is 0 Å². The normalized spacial score (nSPS) is 36.8. The largest absolute Gasteiger partial charge is 0.423 e. The van der Waals surface area contributed by atoms with Crippen molar-refractivity contribution in [2.75, 3.05) is 13.2 Å². The van der Waals surface area contributed by atoms with Crippen LogP contribution in [0.2, 0.25) is 0 Å². The molecule has 108 valence electrons. The van der Waals surface area contributed by atoms with Gasteiger partial charge in [-0.05, 0) is 6.42 Å². The molecule has 11 heteroatoms. The van der Waals surface area contributed by atoms with Gasteiger partial charge in [-0.3, -0.25) is 4.90 Å². The summed E-state index contributed by atoms with van der Waals surface area (Å²) in [5, 5.41) is 9.36. The Morgan fingerprint density at radius 1 is 1.53 bits per heavy atom. The molecule has 3 fully saturated rings. The smallest absolute Gasteiger partial charge is 0.390 e. The van der Waals surface area contributed by atoms with E-state index >= 15 is 0 Å². The van der Waals surface area contributed by atoms with Crippen LogP contribution in [0.3, 0.4) is 0 Å². The number of hydrogen-bond acceptors (Lipinski definition) is 6. The Labute approximate surface area is 106 Å². The number of urea groups is 1. The van der Waals surface area contributed by atoms with Gasteiger partial charge in [-0.2, -0.15) is 22.3 Å². The van der Waals surface area contributed by atoms with Crippen molar-refractivity contribution in [3.05, 3.63) is 0 Å². The number of alkyl halides is 2. The Morgan fingerprint density at radius 3 is 2.84 bits per heavy atom. The molecule has 2 atom stereocenters. The number of amides is 2. The first-order valence-electron chi connectivity index (χ1n) is 5.47. The lowest BCUT2D eigenvalue weighted by atomic mass is 9.92. The second-order valence-corrected chi connectivity index (χ2v) is 5.76. The molecule has 3 bridgehead atoms. The van der Waals surface area contributed by atoms with Crippen LogP contribution < -0.4 is 0 Å². The van der Waals surface area contributed by atoms with Gasteiger partial charge in [-0.1, -0.05) is 0 Å². The summed E-state index contributed by atoms with van der Waals surface area (Å²) in [7, 11) is -4.79. The molecule has 0 aliphatic carbocycles. The van der Waals surface area contributed by atoms with Gasteiger partial charge in [0, 0.05) is 13.0 Å². The third-order valence-corrected chi connectivity index (χ3v) is 4.40. The fraction of sp³-hybridized carbons (Fsp3) is 0.875. The number of piperidine rings is 1. The summed E-state index contributed by atoms with van der Waals surface area (Å²) in [4.78, 5) is 12.5. The van der Waals surface area contributed by atoms with Crippen molar-refractivity contribution < 1.29 is 35.6 Å². The highest BCUT2D eigenvalue weighted by Gasteiger charge is 2.70. The number of aliphatic hydroxyl groups excluding tert-OH is 1. The number of hydroxylamine groups is 2. The van der Waals surface area contributed by atoms with E-state index in [1.165, 1.54) is 0 Å². The Kier molecular flexibility index (Phi) is 2.41. The minimum absolute atomic E-state index is 0.0906. The highest BCUT2D eigenvalue weighted by molar-refractivity contribution is 7.81. The highest BCUT2D eigenvalue weighted by atomic mass is 32.3. The monoisotopic (exact) mass is 300 g/mol. The average Bonchev–Trinajstić information content (AvgIpc) is 2.51. The number of rotatable bonds is 2. The van der Waals surface area contributed by atoms with E-state index in [1.807, 2.05) is 0 Å². The zero-order chi connectivity index (χ0) is 14.1. The summed E-state index contributed by atoms with van der Waals surface area (Å²) >= 11 is 0. The minimum Gasteiger partial charge on any atom is -0.390 e. The zero-order valence-electron chi connectivity index (χ0n) is 9.45. The lowest BCUT2D eigenvalue weighted by Crippen LogP contribution is -2.66. The Balaban J connectivity index is 2.18. The van der Waals surface area contributed by atoms with Gasteiger partial charge in [0.1, 0.15) is 6.61 Å². The molecule has 0 saturated carbocycles. The van der Waals surface area contributed by atoms with Crippen LogP contribution in [-0.4, -0.2) is 60.4 Å². The molecule has 3 aliphatic heterocycles. The van der Waals surface area contributed by atoms with Gasteiger partial charge < -0.3 is 5.11 Å². The summed E-state index contributed by atoms with van der Waals surface area (Å²) in [6.07, 6.45) is -0.316. The maximum Gasteiger partial charge on any atom is 0.423 e. The molecule has 1 N–H and O–H groups in total. The first kappa shape index (κ1) is 13.0. The summed E-state index contributed by atoms with van der Waals surface area (Å²) in [6.45, 7) is -1.78. The molecule has 3 saturated heterocycles. The standard InChI is InChI=1S/C8H10F2N2O6S/c9-7(10,4-13)8-2-1-5-3-11(8)6(14)12(5)18-19(15,16)17-8/h5,13H,1-4H2/t5-,8+/m1/s1. The molecule has 3 heterocycles. The van der Waals surface area contributed by atoms with Crippen LogP contribution in [0.5, 0.6) is 0 Å².